The van der Waals surface area contributed by atoms with Crippen molar-refractivity contribution in [1.82, 2.24) is 4.98 Å². The zero-order chi connectivity index (χ0) is 8.97. The Bertz CT molecular complexity index is 230. The molecule has 0 atom stereocenters. The summed E-state index contributed by atoms with van der Waals surface area (Å²) in [5.41, 5.74) is 5.37. The van der Waals surface area contributed by atoms with Crippen molar-refractivity contribution in [1.29, 1.82) is 0 Å². The summed E-state index contributed by atoms with van der Waals surface area (Å²) in [6, 6.07) is 0. The van der Waals surface area contributed by atoms with Gasteiger partial charge in [0.25, 0.3) is 0 Å². The van der Waals surface area contributed by atoms with Gasteiger partial charge in [0.15, 0.2) is 5.89 Å². The van der Waals surface area contributed by atoms with Crippen LogP contribution in [0, 0.1) is 0 Å². The average Bonchev–Trinajstić information content (AvgIpc) is 2.48. The van der Waals surface area contributed by atoms with Crippen molar-refractivity contribution in [2.45, 2.75) is 32.6 Å². The minimum absolute atomic E-state index is 0.420. The number of aromatic nitrogens is 1. The van der Waals surface area contributed by atoms with Crippen LogP contribution in [0.1, 0.15) is 37.8 Å². The van der Waals surface area contributed by atoms with Crippen LogP contribution in [0.15, 0.2) is 10.6 Å². The van der Waals surface area contributed by atoms with E-state index in [1.807, 2.05) is 0 Å². The largest absolute Gasteiger partial charge is 0.445 e. The molecule has 3 heteroatoms. The highest BCUT2D eigenvalue weighted by atomic mass is 16.4. The summed E-state index contributed by atoms with van der Waals surface area (Å²) in [6.07, 6.45) is 3.60. The smallest absolute Gasteiger partial charge is 0.194 e. The molecule has 0 radical (unpaired) electrons. The molecule has 0 aliphatic carbocycles. The van der Waals surface area contributed by atoms with E-state index in [2.05, 4.69) is 18.8 Å². The zero-order valence-electron chi connectivity index (χ0n) is 7.71. The van der Waals surface area contributed by atoms with Gasteiger partial charge in [-0.2, -0.15) is 0 Å². The fourth-order valence-corrected chi connectivity index (χ4v) is 0.960. The number of rotatable bonds is 4. The predicted molar refractivity (Wildman–Crippen MR) is 48.0 cm³/mol. The molecule has 0 aliphatic heterocycles. The number of hydrogen-bond acceptors (Lipinski definition) is 3. The molecular weight excluding hydrogens is 152 g/mol. The fraction of sp³-hybridized carbons (Fsp3) is 0.667. The molecule has 0 spiro atoms. The molecular formula is C9H16N2O. The third-order valence-electron chi connectivity index (χ3n) is 1.74. The summed E-state index contributed by atoms with van der Waals surface area (Å²) in [4.78, 5) is 4.15. The van der Waals surface area contributed by atoms with Crippen molar-refractivity contribution < 1.29 is 4.42 Å². The average molecular weight is 168 g/mol. The van der Waals surface area contributed by atoms with E-state index in [-0.39, 0.29) is 0 Å². The summed E-state index contributed by atoms with van der Waals surface area (Å²) in [5, 5.41) is 0. The Balaban J connectivity index is 2.52. The van der Waals surface area contributed by atoms with Crippen LogP contribution >= 0.6 is 0 Å². The SMILES string of the molecule is CC(C)c1cnc(CCCN)o1. The number of hydrogen-bond donors (Lipinski definition) is 1. The van der Waals surface area contributed by atoms with Crippen molar-refractivity contribution in [2.24, 2.45) is 5.73 Å². The summed E-state index contributed by atoms with van der Waals surface area (Å²) in [5.74, 6) is 2.19. The van der Waals surface area contributed by atoms with Crippen molar-refractivity contribution >= 4 is 0 Å². The first-order chi connectivity index (χ1) is 5.74. The molecule has 68 valence electrons. The van der Waals surface area contributed by atoms with Gasteiger partial charge in [0, 0.05) is 12.3 Å². The quantitative estimate of drug-likeness (QED) is 0.744. The Morgan fingerprint density at radius 2 is 2.33 bits per heavy atom. The maximum absolute atomic E-state index is 5.48. The number of aryl methyl sites for hydroxylation is 1. The third kappa shape index (κ3) is 2.34. The van der Waals surface area contributed by atoms with Crippen molar-refractivity contribution in [3.8, 4) is 0 Å². The van der Waals surface area contributed by atoms with E-state index in [1.54, 1.807) is 6.20 Å². The molecule has 0 unspecified atom stereocenters. The Labute approximate surface area is 73.0 Å². The Kier molecular flexibility index (Phi) is 3.29. The molecule has 0 amide bonds. The van der Waals surface area contributed by atoms with E-state index in [9.17, 15) is 0 Å². The maximum atomic E-state index is 5.48. The zero-order valence-corrected chi connectivity index (χ0v) is 7.71. The van der Waals surface area contributed by atoms with Crippen molar-refractivity contribution in [3.05, 3.63) is 17.8 Å². The highest BCUT2D eigenvalue weighted by Gasteiger charge is 2.06. The molecule has 1 aromatic rings. The van der Waals surface area contributed by atoms with Crippen LogP contribution < -0.4 is 5.73 Å². The second-order valence-electron chi connectivity index (χ2n) is 3.20. The number of nitrogens with two attached hydrogens (primary N) is 1. The predicted octanol–water partition coefficient (Wildman–Crippen LogP) is 1.69. The first-order valence-electron chi connectivity index (χ1n) is 4.38. The van der Waals surface area contributed by atoms with Gasteiger partial charge in [0.05, 0.1) is 6.20 Å². The van der Waals surface area contributed by atoms with E-state index in [0.717, 1.165) is 24.5 Å². The highest BCUT2D eigenvalue weighted by Crippen LogP contribution is 2.15. The van der Waals surface area contributed by atoms with Crippen molar-refractivity contribution in [3.63, 3.8) is 0 Å². The molecule has 1 rings (SSSR count). The van der Waals surface area contributed by atoms with Gasteiger partial charge in [-0.15, -0.1) is 0 Å². The van der Waals surface area contributed by atoms with E-state index < -0.39 is 0 Å². The lowest BCUT2D eigenvalue weighted by Gasteiger charge is -1.96. The molecule has 2 N–H and O–H groups in total. The van der Waals surface area contributed by atoms with Crippen LogP contribution in [-0.2, 0) is 6.42 Å². The summed E-state index contributed by atoms with van der Waals surface area (Å²) in [6.45, 7) is 4.87. The van der Waals surface area contributed by atoms with E-state index in [4.69, 9.17) is 10.2 Å². The molecule has 1 heterocycles. The molecule has 0 aromatic carbocycles. The van der Waals surface area contributed by atoms with Gasteiger partial charge in [-0.25, -0.2) is 4.98 Å². The van der Waals surface area contributed by atoms with Crippen LogP contribution in [0.25, 0.3) is 0 Å². The van der Waals surface area contributed by atoms with Gasteiger partial charge in [0.2, 0.25) is 0 Å². The standard InChI is InChI=1S/C9H16N2O/c1-7(2)8-6-11-9(12-8)4-3-5-10/h6-7H,3-5,10H2,1-2H3. The molecule has 12 heavy (non-hydrogen) atoms. The molecule has 1 aromatic heterocycles. The van der Waals surface area contributed by atoms with Crippen LogP contribution in [0.2, 0.25) is 0 Å². The topological polar surface area (TPSA) is 52.0 Å². The maximum Gasteiger partial charge on any atom is 0.194 e. The molecule has 0 bridgehead atoms. The monoisotopic (exact) mass is 168 g/mol. The lowest BCUT2D eigenvalue weighted by Crippen LogP contribution is -2.00. The second-order valence-corrected chi connectivity index (χ2v) is 3.20. The summed E-state index contributed by atoms with van der Waals surface area (Å²) >= 11 is 0. The van der Waals surface area contributed by atoms with E-state index in [1.165, 1.54) is 0 Å². The third-order valence-corrected chi connectivity index (χ3v) is 1.74. The first-order valence-corrected chi connectivity index (χ1v) is 4.38. The molecule has 0 saturated carbocycles. The Hall–Kier alpha value is -0.830. The molecule has 0 aliphatic rings. The second kappa shape index (κ2) is 4.26. The molecule has 0 saturated heterocycles. The van der Waals surface area contributed by atoms with Gasteiger partial charge in [-0.3, -0.25) is 0 Å². The lowest BCUT2D eigenvalue weighted by atomic mass is 10.2. The van der Waals surface area contributed by atoms with Crippen molar-refractivity contribution in [2.75, 3.05) is 6.54 Å². The lowest BCUT2D eigenvalue weighted by molar-refractivity contribution is 0.435. The Morgan fingerprint density at radius 3 is 2.83 bits per heavy atom. The van der Waals surface area contributed by atoms with Gasteiger partial charge in [-0.1, -0.05) is 13.8 Å². The van der Waals surface area contributed by atoms with Gasteiger partial charge in [-0.05, 0) is 13.0 Å². The fourth-order valence-electron chi connectivity index (χ4n) is 0.960. The Morgan fingerprint density at radius 1 is 1.58 bits per heavy atom. The molecule has 3 nitrogen and oxygen atoms in total. The first kappa shape index (κ1) is 9.26. The summed E-state index contributed by atoms with van der Waals surface area (Å²) < 4.78 is 5.48. The minimum Gasteiger partial charge on any atom is -0.445 e. The number of nitrogens with zero attached hydrogens (tertiary/aromatic N) is 1. The van der Waals surface area contributed by atoms with E-state index in [0.29, 0.717) is 12.5 Å². The minimum atomic E-state index is 0.420. The van der Waals surface area contributed by atoms with Crippen LogP contribution in [0.5, 0.6) is 0 Å². The van der Waals surface area contributed by atoms with Crippen LogP contribution in [-0.4, -0.2) is 11.5 Å². The summed E-state index contributed by atoms with van der Waals surface area (Å²) in [7, 11) is 0. The van der Waals surface area contributed by atoms with Gasteiger partial charge >= 0.3 is 0 Å². The highest BCUT2D eigenvalue weighted by molar-refractivity contribution is 4.98. The van der Waals surface area contributed by atoms with Gasteiger partial charge < -0.3 is 10.2 Å². The van der Waals surface area contributed by atoms with Crippen LogP contribution in [0.3, 0.4) is 0 Å². The van der Waals surface area contributed by atoms with Gasteiger partial charge in [0.1, 0.15) is 5.76 Å². The van der Waals surface area contributed by atoms with E-state index >= 15 is 0 Å². The normalized spacial score (nSPS) is 11.0. The molecule has 0 fully saturated rings. The number of oxazole rings is 1. The van der Waals surface area contributed by atoms with Crippen LogP contribution in [0.4, 0.5) is 0 Å².